The Balaban J connectivity index is 0.000000160. The second-order valence-corrected chi connectivity index (χ2v) is 5.96. The van der Waals surface area contributed by atoms with E-state index in [2.05, 4.69) is 42.1 Å². The van der Waals surface area contributed by atoms with Crippen molar-refractivity contribution in [1.82, 2.24) is 10.2 Å². The molecule has 0 spiro atoms. The normalized spacial score (nSPS) is 10.2. The molecule has 0 unspecified atom stereocenters. The van der Waals surface area contributed by atoms with E-state index in [1.807, 2.05) is 6.07 Å². The molecule has 0 amide bonds. The molecule has 2 aromatic carbocycles. The third kappa shape index (κ3) is 3.75. The summed E-state index contributed by atoms with van der Waals surface area (Å²) in [5, 5.41) is 7.06. The number of H-pyrrole nitrogens is 1. The minimum absolute atomic E-state index is 0.267. The lowest BCUT2D eigenvalue weighted by molar-refractivity contribution is 0.111. The highest BCUT2D eigenvalue weighted by molar-refractivity contribution is 9.10. The molecule has 0 aliphatic heterocycles. The van der Waals surface area contributed by atoms with E-state index in [-0.39, 0.29) is 17.7 Å². The number of nitrogens with one attached hydrogen (secondary N) is 1. The molecule has 3 rings (SSSR count). The van der Waals surface area contributed by atoms with Crippen molar-refractivity contribution in [3.63, 3.8) is 0 Å². The van der Waals surface area contributed by atoms with Gasteiger partial charge >= 0.3 is 0 Å². The number of benzene rings is 2. The van der Waals surface area contributed by atoms with Crippen LogP contribution in [0.2, 0.25) is 0 Å². The monoisotopic (exact) mass is 434 g/mol. The van der Waals surface area contributed by atoms with Gasteiger partial charge in [0, 0.05) is 14.3 Å². The van der Waals surface area contributed by atoms with Crippen molar-refractivity contribution in [2.24, 2.45) is 0 Å². The molecule has 114 valence electrons. The van der Waals surface area contributed by atoms with E-state index >= 15 is 0 Å². The lowest BCUT2D eigenvalue weighted by Gasteiger charge is -1.96. The molecule has 0 saturated carbocycles. The number of carbonyl (C=O) groups is 1. The van der Waals surface area contributed by atoms with E-state index in [1.165, 1.54) is 12.1 Å². The fraction of sp³-hybridized carbons (Fsp3) is 0. The number of aldehydes is 1. The van der Waals surface area contributed by atoms with Gasteiger partial charge in [0.25, 0.3) is 0 Å². The van der Waals surface area contributed by atoms with Gasteiger partial charge < -0.3 is 0 Å². The van der Waals surface area contributed by atoms with Crippen LogP contribution < -0.4 is 0 Å². The smallest absolute Gasteiger partial charge is 0.169 e. The summed E-state index contributed by atoms with van der Waals surface area (Å²) in [5.41, 5.74) is 0.171. The number of hydrogen-bond acceptors (Lipinski definition) is 2. The maximum Gasteiger partial charge on any atom is 0.169 e. The number of hydrogen-bond donors (Lipinski definition) is 1. The molecule has 8 heteroatoms. The quantitative estimate of drug-likeness (QED) is 0.431. The highest BCUT2D eigenvalue weighted by atomic mass is 79.9. The molecule has 3 nitrogen and oxygen atoms in total. The van der Waals surface area contributed by atoms with Gasteiger partial charge in [0.15, 0.2) is 17.9 Å². The summed E-state index contributed by atoms with van der Waals surface area (Å²) in [6.07, 6.45) is 1.85. The maximum absolute atomic E-state index is 13.0. The van der Waals surface area contributed by atoms with E-state index in [0.29, 0.717) is 9.99 Å². The highest BCUT2D eigenvalue weighted by Gasteiger charge is 2.08. The standard InChI is InChI=1S/C7H3BrF2O.C7H4BrFN2/c8-5-1-4(3-11)7(10)6(9)2-5;8-5-1-4-3-10-11-7(4)6(9)2-5/h1-3H;1-3H,(H,10,11). The molecule has 0 aliphatic rings. The number of nitrogens with zero attached hydrogens (tertiary/aromatic N) is 1. The Bertz CT molecular complexity index is 836. The summed E-state index contributed by atoms with van der Waals surface area (Å²) < 4.78 is 39.1. The molecule has 3 aromatic rings. The first kappa shape index (κ1) is 16.7. The van der Waals surface area contributed by atoms with Crippen LogP contribution in [-0.2, 0) is 0 Å². The first-order valence-corrected chi connectivity index (χ1v) is 7.39. The average molecular weight is 436 g/mol. The zero-order chi connectivity index (χ0) is 16.3. The van der Waals surface area contributed by atoms with Crippen LogP contribution in [0.25, 0.3) is 10.9 Å². The number of rotatable bonds is 1. The summed E-state index contributed by atoms with van der Waals surface area (Å²) in [5.74, 6) is -2.42. The second kappa shape index (κ2) is 7.06. The predicted octanol–water partition coefficient (Wildman–Crippen LogP) is 5.00. The number of fused-ring (bicyclic) bond motifs is 1. The minimum atomic E-state index is -1.11. The largest absolute Gasteiger partial charge is 0.298 e. The van der Waals surface area contributed by atoms with Gasteiger partial charge in [0.1, 0.15) is 11.3 Å². The predicted molar refractivity (Wildman–Crippen MR) is 83.2 cm³/mol. The number of aromatic nitrogens is 2. The van der Waals surface area contributed by atoms with E-state index in [9.17, 15) is 18.0 Å². The van der Waals surface area contributed by atoms with Crippen LogP contribution in [-0.4, -0.2) is 16.5 Å². The third-order valence-corrected chi connectivity index (χ3v) is 3.53. The molecule has 22 heavy (non-hydrogen) atoms. The van der Waals surface area contributed by atoms with Crippen molar-refractivity contribution < 1.29 is 18.0 Å². The lowest BCUT2D eigenvalue weighted by atomic mass is 10.2. The van der Waals surface area contributed by atoms with Crippen molar-refractivity contribution in [3.05, 3.63) is 62.4 Å². The van der Waals surface area contributed by atoms with Gasteiger partial charge in [-0.2, -0.15) is 5.10 Å². The van der Waals surface area contributed by atoms with Gasteiger partial charge in [-0.05, 0) is 24.3 Å². The van der Waals surface area contributed by atoms with Crippen molar-refractivity contribution in [1.29, 1.82) is 0 Å². The Labute approximate surface area is 139 Å². The second-order valence-electron chi connectivity index (χ2n) is 4.13. The van der Waals surface area contributed by atoms with E-state index < -0.39 is 11.6 Å². The van der Waals surface area contributed by atoms with Crippen LogP contribution >= 0.6 is 31.9 Å². The molecule has 1 heterocycles. The highest BCUT2D eigenvalue weighted by Crippen LogP contribution is 2.20. The molecular weight excluding hydrogens is 429 g/mol. The van der Waals surface area contributed by atoms with Crippen molar-refractivity contribution >= 4 is 49.0 Å². The summed E-state index contributed by atoms with van der Waals surface area (Å²) in [6.45, 7) is 0. The molecule has 0 bridgehead atoms. The van der Waals surface area contributed by atoms with Crippen molar-refractivity contribution in [2.45, 2.75) is 0 Å². The summed E-state index contributed by atoms with van der Waals surface area (Å²) in [7, 11) is 0. The lowest BCUT2D eigenvalue weighted by Crippen LogP contribution is -1.91. The molecule has 1 aromatic heterocycles. The van der Waals surface area contributed by atoms with E-state index in [0.717, 1.165) is 15.9 Å². The number of carbonyl (C=O) groups excluding carboxylic acids is 1. The fourth-order valence-electron chi connectivity index (χ4n) is 1.64. The van der Waals surface area contributed by atoms with Gasteiger partial charge in [-0.3, -0.25) is 9.89 Å². The van der Waals surface area contributed by atoms with Gasteiger partial charge in [-0.25, -0.2) is 13.2 Å². The molecule has 1 N–H and O–H groups in total. The Morgan fingerprint density at radius 3 is 2.32 bits per heavy atom. The first-order chi connectivity index (χ1) is 10.4. The van der Waals surface area contributed by atoms with Crippen molar-refractivity contribution in [3.8, 4) is 0 Å². The van der Waals surface area contributed by atoms with Gasteiger partial charge in [-0.1, -0.05) is 31.9 Å². The fourth-order valence-corrected chi connectivity index (χ4v) is 2.54. The zero-order valence-corrected chi connectivity index (χ0v) is 13.9. The number of aromatic amines is 1. The van der Waals surface area contributed by atoms with Gasteiger partial charge in [0.05, 0.1) is 11.8 Å². The molecular formula is C14H7Br2F3N2O. The van der Waals surface area contributed by atoms with Crippen LogP contribution in [0.4, 0.5) is 13.2 Å². The van der Waals surface area contributed by atoms with Crippen molar-refractivity contribution in [2.75, 3.05) is 0 Å². The van der Waals surface area contributed by atoms with Gasteiger partial charge in [0.2, 0.25) is 0 Å². The molecule has 0 radical (unpaired) electrons. The Morgan fingerprint density at radius 1 is 1.00 bits per heavy atom. The topological polar surface area (TPSA) is 45.8 Å². The Morgan fingerprint density at radius 2 is 1.64 bits per heavy atom. The molecule has 0 aliphatic carbocycles. The van der Waals surface area contributed by atoms with Crippen LogP contribution in [0, 0.1) is 17.5 Å². The van der Waals surface area contributed by atoms with E-state index in [4.69, 9.17) is 0 Å². The summed E-state index contributed by atoms with van der Waals surface area (Å²) in [6, 6.07) is 5.39. The molecule has 0 saturated heterocycles. The van der Waals surface area contributed by atoms with Gasteiger partial charge in [-0.15, -0.1) is 0 Å². The van der Waals surface area contributed by atoms with Crippen LogP contribution in [0.5, 0.6) is 0 Å². The minimum Gasteiger partial charge on any atom is -0.298 e. The Hall–Kier alpha value is -1.67. The third-order valence-electron chi connectivity index (χ3n) is 2.61. The van der Waals surface area contributed by atoms with Crippen LogP contribution in [0.3, 0.4) is 0 Å². The summed E-state index contributed by atoms with van der Waals surface area (Å²) in [4.78, 5) is 10.1. The Kier molecular flexibility index (Phi) is 5.36. The summed E-state index contributed by atoms with van der Waals surface area (Å²) >= 11 is 6.11. The zero-order valence-electron chi connectivity index (χ0n) is 10.7. The SMILES string of the molecule is Fc1cc(Br)cc2cn[nH]c12.O=Cc1cc(Br)cc(F)c1F. The number of halogens is 5. The molecule has 0 fully saturated rings. The maximum atomic E-state index is 13.0. The van der Waals surface area contributed by atoms with Crippen LogP contribution in [0.1, 0.15) is 10.4 Å². The average Bonchev–Trinajstić information content (AvgIpc) is 2.92. The van der Waals surface area contributed by atoms with Crippen LogP contribution in [0.15, 0.2) is 39.4 Å². The first-order valence-electron chi connectivity index (χ1n) is 5.80. The molecule has 0 atom stereocenters. The van der Waals surface area contributed by atoms with E-state index in [1.54, 1.807) is 6.20 Å².